The zero-order valence-corrected chi connectivity index (χ0v) is 10.5. The summed E-state index contributed by atoms with van der Waals surface area (Å²) in [6, 6.07) is 5.35. The van der Waals surface area contributed by atoms with E-state index >= 15 is 0 Å². The molecule has 1 aromatic rings. The van der Waals surface area contributed by atoms with Gasteiger partial charge in [-0.25, -0.2) is 0 Å². The predicted octanol–water partition coefficient (Wildman–Crippen LogP) is 1.11. The molecular formula is C13H21N3O. The largest absolute Gasteiger partial charge is 0.354 e. The van der Waals surface area contributed by atoms with Gasteiger partial charge < -0.3 is 11.1 Å². The number of pyridine rings is 1. The second-order valence-corrected chi connectivity index (χ2v) is 4.27. The summed E-state index contributed by atoms with van der Waals surface area (Å²) >= 11 is 0. The summed E-state index contributed by atoms with van der Waals surface area (Å²) in [5.41, 5.74) is 6.80. The van der Waals surface area contributed by atoms with Crippen LogP contribution < -0.4 is 11.1 Å². The van der Waals surface area contributed by atoms with Gasteiger partial charge in [-0.3, -0.25) is 9.78 Å². The van der Waals surface area contributed by atoms with Crippen molar-refractivity contribution in [2.75, 3.05) is 6.54 Å². The quantitative estimate of drug-likeness (QED) is 0.776. The van der Waals surface area contributed by atoms with Gasteiger partial charge in [-0.05, 0) is 18.1 Å². The number of hydrogen-bond acceptors (Lipinski definition) is 3. The lowest BCUT2D eigenvalue weighted by molar-refractivity contribution is -0.123. The van der Waals surface area contributed by atoms with Crippen molar-refractivity contribution in [3.63, 3.8) is 0 Å². The van der Waals surface area contributed by atoms with E-state index in [4.69, 9.17) is 5.73 Å². The van der Waals surface area contributed by atoms with E-state index in [9.17, 15) is 4.79 Å². The van der Waals surface area contributed by atoms with Gasteiger partial charge in [0.05, 0.1) is 6.04 Å². The van der Waals surface area contributed by atoms with Crippen LogP contribution in [0.1, 0.15) is 26.0 Å². The summed E-state index contributed by atoms with van der Waals surface area (Å²) in [6.45, 7) is 4.61. The number of nitrogens with two attached hydrogens (primary N) is 1. The molecule has 2 atom stereocenters. The maximum atomic E-state index is 11.7. The summed E-state index contributed by atoms with van der Waals surface area (Å²) in [7, 11) is 0. The molecule has 0 aliphatic carbocycles. The van der Waals surface area contributed by atoms with E-state index in [1.165, 1.54) is 0 Å². The third-order valence-electron chi connectivity index (χ3n) is 2.97. The average Bonchev–Trinajstić information content (AvgIpc) is 2.38. The first-order valence-corrected chi connectivity index (χ1v) is 6.08. The van der Waals surface area contributed by atoms with Crippen LogP contribution in [0.5, 0.6) is 0 Å². The predicted molar refractivity (Wildman–Crippen MR) is 68.4 cm³/mol. The molecule has 0 fully saturated rings. The van der Waals surface area contributed by atoms with Crippen LogP contribution in [0.2, 0.25) is 0 Å². The van der Waals surface area contributed by atoms with E-state index < -0.39 is 6.04 Å². The van der Waals surface area contributed by atoms with E-state index in [0.29, 0.717) is 6.54 Å². The lowest BCUT2D eigenvalue weighted by Crippen LogP contribution is -2.45. The summed E-state index contributed by atoms with van der Waals surface area (Å²) in [5, 5.41) is 2.84. The molecule has 0 radical (unpaired) electrons. The summed E-state index contributed by atoms with van der Waals surface area (Å²) in [6.07, 6.45) is 3.40. The van der Waals surface area contributed by atoms with Crippen LogP contribution in [0.15, 0.2) is 24.4 Å². The zero-order chi connectivity index (χ0) is 12.7. The number of hydrogen-bond donors (Lipinski definition) is 2. The second-order valence-electron chi connectivity index (χ2n) is 4.27. The van der Waals surface area contributed by atoms with Crippen molar-refractivity contribution in [3.8, 4) is 0 Å². The highest BCUT2D eigenvalue weighted by Crippen LogP contribution is 2.04. The summed E-state index contributed by atoms with van der Waals surface area (Å²) < 4.78 is 0. The van der Waals surface area contributed by atoms with Crippen LogP contribution in [0.25, 0.3) is 0 Å². The highest BCUT2D eigenvalue weighted by molar-refractivity contribution is 5.81. The third-order valence-corrected chi connectivity index (χ3v) is 2.97. The lowest BCUT2D eigenvalue weighted by atomic mass is 9.99. The minimum Gasteiger partial charge on any atom is -0.354 e. The van der Waals surface area contributed by atoms with Crippen molar-refractivity contribution >= 4 is 5.91 Å². The van der Waals surface area contributed by atoms with Gasteiger partial charge in [0.15, 0.2) is 0 Å². The molecule has 17 heavy (non-hydrogen) atoms. The fourth-order valence-electron chi connectivity index (χ4n) is 1.49. The molecule has 0 aliphatic rings. The number of aromatic nitrogens is 1. The molecule has 1 rings (SSSR count). The van der Waals surface area contributed by atoms with Crippen molar-refractivity contribution in [1.82, 2.24) is 10.3 Å². The Balaban J connectivity index is 2.29. The monoisotopic (exact) mass is 235 g/mol. The lowest BCUT2D eigenvalue weighted by Gasteiger charge is -2.17. The van der Waals surface area contributed by atoms with Crippen LogP contribution in [0, 0.1) is 5.92 Å². The molecule has 0 saturated carbocycles. The Kier molecular flexibility index (Phi) is 5.63. The Morgan fingerprint density at radius 3 is 2.88 bits per heavy atom. The minimum absolute atomic E-state index is 0.0738. The van der Waals surface area contributed by atoms with E-state index in [1.807, 2.05) is 32.0 Å². The number of carbonyl (C=O) groups is 1. The molecule has 4 nitrogen and oxygen atoms in total. The molecule has 1 aromatic heterocycles. The fraction of sp³-hybridized carbons (Fsp3) is 0.538. The van der Waals surface area contributed by atoms with E-state index in [0.717, 1.165) is 18.5 Å². The minimum atomic E-state index is -0.413. The summed E-state index contributed by atoms with van der Waals surface area (Å²) in [5.74, 6) is 0.139. The van der Waals surface area contributed by atoms with Crippen LogP contribution in [-0.2, 0) is 11.2 Å². The first-order valence-electron chi connectivity index (χ1n) is 6.08. The van der Waals surface area contributed by atoms with E-state index in [1.54, 1.807) is 6.20 Å². The van der Waals surface area contributed by atoms with Crippen molar-refractivity contribution in [2.24, 2.45) is 11.7 Å². The molecule has 1 heterocycles. The Morgan fingerprint density at radius 2 is 2.29 bits per heavy atom. The van der Waals surface area contributed by atoms with Crippen LogP contribution in [-0.4, -0.2) is 23.5 Å². The molecular weight excluding hydrogens is 214 g/mol. The standard InChI is InChI=1S/C13H21N3O/c1-3-10(2)12(14)13(17)16-9-7-11-6-4-5-8-15-11/h4-6,8,10,12H,3,7,9,14H2,1-2H3,(H,16,17)/t10-,12-/m0/s1. The fourth-order valence-corrected chi connectivity index (χ4v) is 1.49. The van der Waals surface area contributed by atoms with E-state index in [2.05, 4.69) is 10.3 Å². The van der Waals surface area contributed by atoms with Crippen molar-refractivity contribution in [3.05, 3.63) is 30.1 Å². The smallest absolute Gasteiger partial charge is 0.237 e. The average molecular weight is 235 g/mol. The van der Waals surface area contributed by atoms with Gasteiger partial charge in [0.2, 0.25) is 5.91 Å². The molecule has 0 aromatic carbocycles. The van der Waals surface area contributed by atoms with Gasteiger partial charge in [-0.1, -0.05) is 26.3 Å². The molecule has 0 bridgehead atoms. The van der Waals surface area contributed by atoms with Gasteiger partial charge in [-0.2, -0.15) is 0 Å². The second kappa shape index (κ2) is 7.01. The first-order chi connectivity index (χ1) is 8.15. The number of rotatable bonds is 6. The van der Waals surface area contributed by atoms with Gasteiger partial charge in [0.1, 0.15) is 0 Å². The van der Waals surface area contributed by atoms with Gasteiger partial charge in [0.25, 0.3) is 0 Å². The molecule has 1 amide bonds. The molecule has 0 aliphatic heterocycles. The van der Waals surface area contributed by atoms with Crippen LogP contribution in [0.4, 0.5) is 0 Å². The number of nitrogens with zero attached hydrogens (tertiary/aromatic N) is 1. The molecule has 3 N–H and O–H groups in total. The number of nitrogens with one attached hydrogen (secondary N) is 1. The van der Waals surface area contributed by atoms with Crippen molar-refractivity contribution < 1.29 is 4.79 Å². The van der Waals surface area contributed by atoms with E-state index in [-0.39, 0.29) is 11.8 Å². The van der Waals surface area contributed by atoms with Crippen LogP contribution in [0.3, 0.4) is 0 Å². The SMILES string of the molecule is CC[C@H](C)[C@H](N)C(=O)NCCc1ccccn1. The Hall–Kier alpha value is -1.42. The molecule has 94 valence electrons. The first kappa shape index (κ1) is 13.6. The molecule has 0 unspecified atom stereocenters. The topological polar surface area (TPSA) is 68.0 Å². The maximum Gasteiger partial charge on any atom is 0.237 e. The zero-order valence-electron chi connectivity index (χ0n) is 10.5. The normalized spacial score (nSPS) is 14.1. The number of carbonyl (C=O) groups excluding carboxylic acids is 1. The Morgan fingerprint density at radius 1 is 1.53 bits per heavy atom. The molecule has 4 heteroatoms. The Bertz CT molecular complexity index is 340. The summed E-state index contributed by atoms with van der Waals surface area (Å²) in [4.78, 5) is 15.9. The third kappa shape index (κ3) is 4.53. The van der Waals surface area contributed by atoms with Crippen molar-refractivity contribution in [2.45, 2.75) is 32.7 Å². The number of amides is 1. The Labute approximate surface area is 103 Å². The van der Waals surface area contributed by atoms with Crippen LogP contribution >= 0.6 is 0 Å². The van der Waals surface area contributed by atoms with Gasteiger partial charge in [-0.15, -0.1) is 0 Å². The van der Waals surface area contributed by atoms with Crippen molar-refractivity contribution in [1.29, 1.82) is 0 Å². The highest BCUT2D eigenvalue weighted by Gasteiger charge is 2.18. The molecule has 0 saturated heterocycles. The molecule has 0 spiro atoms. The highest BCUT2D eigenvalue weighted by atomic mass is 16.2. The van der Waals surface area contributed by atoms with Gasteiger partial charge in [0, 0.05) is 24.9 Å². The maximum absolute atomic E-state index is 11.7. The van der Waals surface area contributed by atoms with Gasteiger partial charge >= 0.3 is 0 Å².